The van der Waals surface area contributed by atoms with Crippen molar-refractivity contribution in [2.75, 3.05) is 38.1 Å². The van der Waals surface area contributed by atoms with Gasteiger partial charge in [0.1, 0.15) is 30.8 Å². The zero-order valence-corrected chi connectivity index (χ0v) is 39.4. The van der Waals surface area contributed by atoms with E-state index in [1.54, 1.807) is 25.3 Å². The number of Topliss-reactive ketones (excluding diaryl/α,β-unsaturated/α-hetero) is 1. The van der Waals surface area contributed by atoms with E-state index in [0.29, 0.717) is 24.5 Å². The molecule has 1 atom stereocenters. The zero-order chi connectivity index (χ0) is 45.3. The molecule has 1 heterocycles. The smallest absolute Gasteiger partial charge is 0.158 e. The van der Waals surface area contributed by atoms with E-state index in [2.05, 4.69) is 82.3 Å². The summed E-state index contributed by atoms with van der Waals surface area (Å²) in [7, 11) is 0. The lowest BCUT2D eigenvalue weighted by Gasteiger charge is -2.33. The largest absolute Gasteiger partial charge is 0.504 e. The van der Waals surface area contributed by atoms with Crippen LogP contribution >= 0.6 is 0 Å². The number of allylic oxidation sites excluding steroid dienone is 4. The topological polar surface area (TPSA) is 103 Å². The standard InChI is InChI=1S/C23H37N3O2.C12H26.C11H14FNO.C2H6.CH2O/c1-9-10-21(26-13-11-20(15-24-8)17(2)16-26)18(3)22(27)19(4)28-14-12-25-23(5,6)7;1-5-9-12(8-4)10-11(6-2)7-3;1-3-13-10-5-4-9(6-8(2)14)11(12)7-10;2*1-2/h9-10,15,25,27H,2,8,11-14,16H2,1,3-7H3;11-12H,5-10H2,1-4H3;4-5,7,13H,3,6H2,1-2H3;1-2H3;1H2/b10-9-,20-15-,21-18+,22-19-;;;;. The van der Waals surface area contributed by atoms with E-state index >= 15 is 0 Å². The van der Waals surface area contributed by atoms with Crippen molar-refractivity contribution in [2.24, 2.45) is 16.8 Å². The molecule has 1 aromatic rings. The number of ether oxygens (including phenoxy) is 1. The second-order valence-corrected chi connectivity index (χ2v) is 15.2. The SMILES string of the molecule is C=N/C=C1/CCN(C(/C=C\C)=C(C)/C(O)=C(\C)OCCNC(C)(C)C)CC1=C.C=O.CC.CCCC(CC)CC(CC)CC.CCNc1ccc(CC(C)=O)c(F)c1. The van der Waals surface area contributed by atoms with E-state index in [1.807, 2.05) is 53.6 Å². The molecule has 3 N–H and O–H groups in total. The lowest BCUT2D eigenvalue weighted by Crippen LogP contribution is -2.37. The van der Waals surface area contributed by atoms with Crippen LogP contribution in [-0.2, 0) is 20.7 Å². The van der Waals surface area contributed by atoms with Gasteiger partial charge in [0.2, 0.25) is 0 Å². The predicted octanol–water partition coefficient (Wildman–Crippen LogP) is 12.7. The zero-order valence-electron chi connectivity index (χ0n) is 39.4. The average molecular weight is 813 g/mol. The number of piperidine rings is 1. The Labute approximate surface area is 355 Å². The second-order valence-electron chi connectivity index (χ2n) is 15.2. The van der Waals surface area contributed by atoms with Crippen LogP contribution in [0.1, 0.15) is 147 Å². The van der Waals surface area contributed by atoms with Crippen LogP contribution in [0.5, 0.6) is 0 Å². The molecule has 0 radical (unpaired) electrons. The van der Waals surface area contributed by atoms with Crippen molar-refractivity contribution in [1.82, 2.24) is 10.2 Å². The van der Waals surface area contributed by atoms with Crippen LogP contribution in [0.15, 0.2) is 82.1 Å². The quantitative estimate of drug-likeness (QED) is 0.0553. The highest BCUT2D eigenvalue weighted by atomic mass is 19.1. The number of hydrogen-bond donors (Lipinski definition) is 3. The number of carbonyl (C=O) groups is 2. The molecule has 1 saturated heterocycles. The monoisotopic (exact) mass is 813 g/mol. The van der Waals surface area contributed by atoms with Crippen molar-refractivity contribution >= 4 is 25.0 Å². The first kappa shape index (κ1) is 58.3. The van der Waals surface area contributed by atoms with Crippen LogP contribution in [0.25, 0.3) is 0 Å². The third kappa shape index (κ3) is 26.1. The first-order valence-corrected chi connectivity index (χ1v) is 21.5. The molecule has 0 bridgehead atoms. The fraction of sp³-hybridized carbons (Fsp3) is 0.612. The first-order valence-electron chi connectivity index (χ1n) is 21.5. The highest BCUT2D eigenvalue weighted by molar-refractivity contribution is 5.78. The maximum Gasteiger partial charge on any atom is 0.158 e. The van der Waals surface area contributed by atoms with Gasteiger partial charge in [0.15, 0.2) is 5.76 Å². The highest BCUT2D eigenvalue weighted by Gasteiger charge is 2.21. The Hall–Kier alpha value is -3.98. The van der Waals surface area contributed by atoms with Crippen molar-refractivity contribution in [3.05, 3.63) is 88.4 Å². The first-order chi connectivity index (χ1) is 27.5. The number of rotatable bonds is 19. The third-order valence-electron chi connectivity index (χ3n) is 9.52. The average Bonchev–Trinajstić information content (AvgIpc) is 3.20. The summed E-state index contributed by atoms with van der Waals surface area (Å²) in [5.74, 6) is 2.35. The molecular formula is C49H85FN4O4. The Morgan fingerprint density at radius 3 is 2.10 bits per heavy atom. The number of aliphatic hydroxyl groups excluding tert-OH is 1. The van der Waals surface area contributed by atoms with E-state index in [4.69, 9.17) is 9.53 Å². The minimum atomic E-state index is -0.321. The molecule has 1 aliphatic rings. The Balaban J connectivity index is -0.000000839. The number of carbonyl (C=O) groups excluding carboxylic acids is 2. The van der Waals surface area contributed by atoms with Crippen molar-refractivity contribution in [1.29, 1.82) is 0 Å². The van der Waals surface area contributed by atoms with Gasteiger partial charge in [-0.25, -0.2) is 4.39 Å². The lowest BCUT2D eigenvalue weighted by atomic mass is 9.87. The maximum absolute atomic E-state index is 13.3. The summed E-state index contributed by atoms with van der Waals surface area (Å²) in [6, 6.07) is 4.85. The summed E-state index contributed by atoms with van der Waals surface area (Å²) < 4.78 is 19.1. The fourth-order valence-electron chi connectivity index (χ4n) is 6.29. The number of ketones is 1. The molecule has 0 saturated carbocycles. The number of aliphatic imine (C=N–C) groups is 1. The van der Waals surface area contributed by atoms with E-state index in [1.165, 1.54) is 51.5 Å². The molecule has 0 amide bonds. The van der Waals surface area contributed by atoms with Crippen molar-refractivity contribution in [2.45, 2.75) is 154 Å². The minimum Gasteiger partial charge on any atom is -0.504 e. The lowest BCUT2D eigenvalue weighted by molar-refractivity contribution is -0.116. The summed E-state index contributed by atoms with van der Waals surface area (Å²) in [5, 5.41) is 17.1. The van der Waals surface area contributed by atoms with Gasteiger partial charge >= 0.3 is 0 Å². The van der Waals surface area contributed by atoms with E-state index in [9.17, 15) is 14.3 Å². The molecule has 1 unspecified atom stereocenters. The molecule has 58 heavy (non-hydrogen) atoms. The number of halogens is 1. The molecule has 9 heteroatoms. The summed E-state index contributed by atoms with van der Waals surface area (Å²) in [6.07, 6.45) is 15.2. The summed E-state index contributed by atoms with van der Waals surface area (Å²) in [4.78, 5) is 24.9. The fourth-order valence-corrected chi connectivity index (χ4v) is 6.29. The Bertz CT molecular complexity index is 1420. The Kier molecular flexibility index (Phi) is 35.2. The van der Waals surface area contributed by atoms with Crippen molar-refractivity contribution in [3.8, 4) is 0 Å². The van der Waals surface area contributed by atoms with Crippen LogP contribution in [0.4, 0.5) is 10.1 Å². The molecule has 0 aromatic heterocycles. The van der Waals surface area contributed by atoms with Crippen LogP contribution in [0, 0.1) is 17.7 Å². The molecule has 1 aliphatic heterocycles. The molecular weight excluding hydrogens is 728 g/mol. The van der Waals surface area contributed by atoms with Crippen molar-refractivity contribution in [3.63, 3.8) is 0 Å². The van der Waals surface area contributed by atoms with E-state index in [0.717, 1.165) is 66.0 Å². The van der Waals surface area contributed by atoms with E-state index in [-0.39, 0.29) is 29.3 Å². The number of anilines is 1. The van der Waals surface area contributed by atoms with Gasteiger partial charge < -0.3 is 30.2 Å². The number of nitrogens with zero attached hydrogens (tertiary/aromatic N) is 2. The van der Waals surface area contributed by atoms with Crippen LogP contribution < -0.4 is 10.6 Å². The third-order valence-corrected chi connectivity index (χ3v) is 9.52. The summed E-state index contributed by atoms with van der Waals surface area (Å²) in [6.45, 7) is 41.9. The number of likely N-dealkylation sites (tertiary alicyclic amines) is 1. The van der Waals surface area contributed by atoms with Crippen LogP contribution in [0.2, 0.25) is 0 Å². The van der Waals surface area contributed by atoms with Gasteiger partial charge in [0.25, 0.3) is 0 Å². The number of nitrogens with one attached hydrogen (secondary N) is 2. The van der Waals surface area contributed by atoms with Gasteiger partial charge in [0.05, 0.1) is 0 Å². The van der Waals surface area contributed by atoms with Gasteiger partial charge in [-0.3, -0.25) is 9.79 Å². The number of benzene rings is 1. The second kappa shape index (κ2) is 35.0. The van der Waals surface area contributed by atoms with Gasteiger partial charge in [-0.15, -0.1) is 0 Å². The molecule has 0 aliphatic carbocycles. The minimum absolute atomic E-state index is 0.0277. The summed E-state index contributed by atoms with van der Waals surface area (Å²) in [5.41, 5.74) is 5.18. The predicted molar refractivity (Wildman–Crippen MR) is 250 cm³/mol. The normalized spacial score (nSPS) is 14.6. The molecule has 2 rings (SSSR count). The van der Waals surface area contributed by atoms with E-state index < -0.39 is 0 Å². The molecule has 1 aromatic carbocycles. The number of hydrogen-bond acceptors (Lipinski definition) is 8. The van der Waals surface area contributed by atoms with Crippen LogP contribution in [-0.4, -0.2) is 67.6 Å². The molecule has 332 valence electrons. The molecule has 1 fully saturated rings. The van der Waals surface area contributed by atoms with Gasteiger partial charge in [-0.05, 0) is 122 Å². The van der Waals surface area contributed by atoms with Gasteiger partial charge in [-0.1, -0.05) is 92.4 Å². The number of aliphatic hydroxyl groups is 1. The maximum atomic E-state index is 13.3. The van der Waals surface area contributed by atoms with Gasteiger partial charge in [0, 0.05) is 61.3 Å². The molecule has 8 nitrogen and oxygen atoms in total. The highest BCUT2D eigenvalue weighted by Crippen LogP contribution is 2.28. The van der Waals surface area contributed by atoms with Crippen LogP contribution in [0.3, 0.4) is 0 Å². The van der Waals surface area contributed by atoms with Gasteiger partial charge in [-0.2, -0.15) is 0 Å². The van der Waals surface area contributed by atoms with Crippen molar-refractivity contribution < 1.29 is 23.8 Å². The Morgan fingerprint density at radius 1 is 1.05 bits per heavy atom. The summed E-state index contributed by atoms with van der Waals surface area (Å²) >= 11 is 0. The Morgan fingerprint density at radius 2 is 1.66 bits per heavy atom. The molecule has 0 spiro atoms.